The highest BCUT2D eigenvalue weighted by Crippen LogP contribution is 2.56. The summed E-state index contributed by atoms with van der Waals surface area (Å²) in [5, 5.41) is 0. The molecular weight excluding hydrogens is 288 g/mol. The van der Waals surface area contributed by atoms with Gasteiger partial charge in [0.2, 0.25) is 0 Å². The van der Waals surface area contributed by atoms with Crippen LogP contribution >= 0.6 is 0 Å². The first-order chi connectivity index (χ1) is 11.4. The van der Waals surface area contributed by atoms with Crippen molar-refractivity contribution in [2.24, 2.45) is 5.41 Å². The quantitative estimate of drug-likeness (QED) is 0.530. The van der Waals surface area contributed by atoms with Crippen molar-refractivity contribution in [2.75, 3.05) is 0 Å². The summed E-state index contributed by atoms with van der Waals surface area (Å²) in [5.74, 6) is 0. The summed E-state index contributed by atoms with van der Waals surface area (Å²) < 4.78 is 0. The third-order valence-corrected chi connectivity index (χ3v) is 6.10. The van der Waals surface area contributed by atoms with Gasteiger partial charge in [-0.3, -0.25) is 0 Å². The molecular formula is C24H22. The smallest absolute Gasteiger partial charge is 0.0165 e. The lowest BCUT2D eigenvalue weighted by molar-refractivity contribution is 0.601. The minimum atomic E-state index is 0.0555. The fraction of sp³-hybridized carbons (Fsp3) is 0.250. The number of rotatable bonds is 0. The van der Waals surface area contributed by atoms with Crippen molar-refractivity contribution >= 4 is 11.6 Å². The van der Waals surface area contributed by atoms with Crippen LogP contribution in [0, 0.1) is 5.41 Å². The van der Waals surface area contributed by atoms with Crippen LogP contribution in [-0.2, 0) is 5.41 Å². The molecule has 0 aromatic heterocycles. The van der Waals surface area contributed by atoms with Gasteiger partial charge in [0.1, 0.15) is 0 Å². The number of fused-ring (bicyclic) bond motifs is 7. The summed E-state index contributed by atoms with van der Waals surface area (Å²) in [6.07, 6.45) is 9.27. The number of allylic oxidation sites excluding steroid dienone is 5. The molecule has 0 saturated carbocycles. The molecule has 24 heavy (non-hydrogen) atoms. The maximum absolute atomic E-state index is 2.46. The van der Waals surface area contributed by atoms with E-state index in [0.29, 0.717) is 0 Å². The van der Waals surface area contributed by atoms with Crippen molar-refractivity contribution < 1.29 is 0 Å². The topological polar surface area (TPSA) is 0 Å². The van der Waals surface area contributed by atoms with Gasteiger partial charge in [0, 0.05) is 10.8 Å². The lowest BCUT2D eigenvalue weighted by Gasteiger charge is -2.26. The Morgan fingerprint density at radius 1 is 0.792 bits per heavy atom. The zero-order valence-electron chi connectivity index (χ0n) is 14.8. The summed E-state index contributed by atoms with van der Waals surface area (Å²) in [5.41, 5.74) is 11.6. The SMILES string of the molecule is CC1(C)C=CC=C2C1=Cc1c2ccc2c1C(C)(C)c1ccccc1-2. The van der Waals surface area contributed by atoms with Crippen molar-refractivity contribution in [1.29, 1.82) is 0 Å². The molecule has 0 nitrogen and oxygen atoms in total. The molecule has 0 fully saturated rings. The molecule has 3 aliphatic rings. The second kappa shape index (κ2) is 4.19. The summed E-state index contributed by atoms with van der Waals surface area (Å²) in [4.78, 5) is 0. The van der Waals surface area contributed by atoms with E-state index in [1.165, 1.54) is 44.5 Å². The van der Waals surface area contributed by atoms with Crippen molar-refractivity contribution in [3.05, 3.63) is 82.5 Å². The molecule has 0 radical (unpaired) electrons. The van der Waals surface area contributed by atoms with Crippen LogP contribution in [0.1, 0.15) is 49.9 Å². The van der Waals surface area contributed by atoms with Gasteiger partial charge < -0.3 is 0 Å². The summed E-state index contributed by atoms with van der Waals surface area (Å²) >= 11 is 0. The lowest BCUT2D eigenvalue weighted by atomic mass is 9.77. The Balaban J connectivity index is 1.85. The van der Waals surface area contributed by atoms with E-state index in [-0.39, 0.29) is 10.8 Å². The monoisotopic (exact) mass is 310 g/mol. The van der Waals surface area contributed by atoms with Gasteiger partial charge in [-0.15, -0.1) is 0 Å². The second-order valence-electron chi connectivity index (χ2n) is 8.34. The highest BCUT2D eigenvalue weighted by Gasteiger charge is 2.40. The normalized spacial score (nSPS) is 20.7. The minimum absolute atomic E-state index is 0.0555. The molecule has 0 bridgehead atoms. The van der Waals surface area contributed by atoms with Gasteiger partial charge in [0.25, 0.3) is 0 Å². The largest absolute Gasteiger partial charge is 0.0744 e. The van der Waals surface area contributed by atoms with E-state index in [2.05, 4.69) is 88.4 Å². The first kappa shape index (κ1) is 14.0. The molecule has 0 heteroatoms. The molecule has 118 valence electrons. The fourth-order valence-electron chi connectivity index (χ4n) is 4.85. The van der Waals surface area contributed by atoms with E-state index in [1.54, 1.807) is 0 Å². The highest BCUT2D eigenvalue weighted by atomic mass is 14.4. The molecule has 2 aromatic carbocycles. The average Bonchev–Trinajstić information content (AvgIpc) is 3.03. The zero-order valence-corrected chi connectivity index (χ0v) is 14.8. The standard InChI is InChI=1S/C24H22/c1-23(2)13-7-9-16-15-11-12-18-17-8-5-6-10-20(17)24(3,4)22(18)19(15)14-21(16)23/h5-14H,1-4H3. The Labute approximate surface area is 144 Å². The molecule has 0 unspecified atom stereocenters. The maximum atomic E-state index is 2.46. The van der Waals surface area contributed by atoms with Crippen molar-refractivity contribution in [1.82, 2.24) is 0 Å². The molecule has 0 N–H and O–H groups in total. The number of hydrogen-bond donors (Lipinski definition) is 0. The molecule has 0 amide bonds. The Hall–Kier alpha value is -2.34. The van der Waals surface area contributed by atoms with Crippen LogP contribution in [0.5, 0.6) is 0 Å². The predicted molar refractivity (Wildman–Crippen MR) is 103 cm³/mol. The zero-order chi connectivity index (χ0) is 16.7. The molecule has 0 saturated heterocycles. The van der Waals surface area contributed by atoms with Crippen LogP contribution in [0.25, 0.3) is 22.8 Å². The van der Waals surface area contributed by atoms with Crippen molar-refractivity contribution in [2.45, 2.75) is 33.1 Å². The van der Waals surface area contributed by atoms with Gasteiger partial charge in [-0.25, -0.2) is 0 Å². The van der Waals surface area contributed by atoms with Gasteiger partial charge in [-0.05, 0) is 50.6 Å². The third-order valence-electron chi connectivity index (χ3n) is 6.10. The van der Waals surface area contributed by atoms with Gasteiger partial charge in [0.05, 0.1) is 0 Å². The summed E-state index contributed by atoms with van der Waals surface area (Å²) in [6.45, 7) is 9.37. The third kappa shape index (κ3) is 1.54. The predicted octanol–water partition coefficient (Wildman–Crippen LogP) is 6.37. The van der Waals surface area contributed by atoms with Crippen LogP contribution in [0.4, 0.5) is 0 Å². The Morgan fingerprint density at radius 3 is 2.38 bits per heavy atom. The summed E-state index contributed by atoms with van der Waals surface area (Å²) in [7, 11) is 0. The van der Waals surface area contributed by atoms with Crippen LogP contribution in [0.3, 0.4) is 0 Å². The first-order valence-corrected chi connectivity index (χ1v) is 8.81. The van der Waals surface area contributed by atoms with E-state index in [1.807, 2.05) is 0 Å². The fourth-order valence-corrected chi connectivity index (χ4v) is 4.85. The molecule has 2 aromatic rings. The summed E-state index contributed by atoms with van der Waals surface area (Å²) in [6, 6.07) is 13.6. The Bertz CT molecular complexity index is 991. The highest BCUT2D eigenvalue weighted by molar-refractivity contribution is 6.01. The van der Waals surface area contributed by atoms with Gasteiger partial charge in [-0.1, -0.05) is 82.3 Å². The van der Waals surface area contributed by atoms with Crippen LogP contribution in [-0.4, -0.2) is 0 Å². The Morgan fingerprint density at radius 2 is 1.54 bits per heavy atom. The van der Waals surface area contributed by atoms with E-state index >= 15 is 0 Å². The van der Waals surface area contributed by atoms with Crippen LogP contribution < -0.4 is 0 Å². The van der Waals surface area contributed by atoms with Gasteiger partial charge in [0.15, 0.2) is 0 Å². The number of hydrogen-bond acceptors (Lipinski definition) is 0. The van der Waals surface area contributed by atoms with Crippen LogP contribution in [0.2, 0.25) is 0 Å². The molecule has 0 heterocycles. The maximum Gasteiger partial charge on any atom is 0.0165 e. The minimum Gasteiger partial charge on any atom is -0.0744 e. The average molecular weight is 310 g/mol. The molecule has 0 aliphatic heterocycles. The molecule has 3 aliphatic carbocycles. The van der Waals surface area contributed by atoms with E-state index in [0.717, 1.165) is 0 Å². The van der Waals surface area contributed by atoms with Crippen molar-refractivity contribution in [3.8, 4) is 11.1 Å². The molecule has 0 atom stereocenters. The number of benzene rings is 2. The van der Waals surface area contributed by atoms with Crippen molar-refractivity contribution in [3.63, 3.8) is 0 Å². The van der Waals surface area contributed by atoms with E-state index in [4.69, 9.17) is 0 Å². The molecule has 0 spiro atoms. The van der Waals surface area contributed by atoms with E-state index < -0.39 is 0 Å². The van der Waals surface area contributed by atoms with Gasteiger partial charge in [-0.2, -0.15) is 0 Å². The molecule has 5 rings (SSSR count). The second-order valence-corrected chi connectivity index (χ2v) is 8.34. The van der Waals surface area contributed by atoms with Crippen LogP contribution in [0.15, 0.2) is 60.2 Å². The lowest BCUT2D eigenvalue weighted by Crippen LogP contribution is -2.16. The first-order valence-electron chi connectivity index (χ1n) is 8.81. The van der Waals surface area contributed by atoms with E-state index in [9.17, 15) is 0 Å². The Kier molecular flexibility index (Phi) is 2.45. The van der Waals surface area contributed by atoms with Gasteiger partial charge >= 0.3 is 0 Å².